The molecule has 0 aliphatic carbocycles. The molecular formula is C16H23NO4. The van der Waals surface area contributed by atoms with Crippen LogP contribution in [0.3, 0.4) is 0 Å². The number of carbonyl (C=O) groups excluding carboxylic acids is 1. The van der Waals surface area contributed by atoms with Gasteiger partial charge in [0, 0.05) is 6.42 Å². The van der Waals surface area contributed by atoms with Gasteiger partial charge in [0.1, 0.15) is 11.8 Å². The Bertz CT molecular complexity index is 473. The molecule has 0 bridgehead atoms. The van der Waals surface area contributed by atoms with Crippen molar-refractivity contribution in [2.45, 2.75) is 44.6 Å². The summed E-state index contributed by atoms with van der Waals surface area (Å²) in [5.74, 6) is -0.272. The fourth-order valence-electron chi connectivity index (χ4n) is 2.14. The molecule has 1 rings (SSSR count). The SMILES string of the molecule is COc1ccccc1C(=O)CCCCCCC(N)C(=O)O. The van der Waals surface area contributed by atoms with Gasteiger partial charge in [-0.25, -0.2) is 0 Å². The number of hydrogen-bond acceptors (Lipinski definition) is 4. The molecule has 1 atom stereocenters. The quantitative estimate of drug-likeness (QED) is 0.511. The molecule has 0 saturated heterocycles. The second-order valence-electron chi connectivity index (χ2n) is 5.02. The minimum Gasteiger partial charge on any atom is -0.496 e. The fraction of sp³-hybridized carbons (Fsp3) is 0.500. The Hall–Kier alpha value is -1.88. The molecule has 116 valence electrons. The third-order valence-corrected chi connectivity index (χ3v) is 3.39. The number of carboxylic acids is 1. The molecule has 5 heteroatoms. The highest BCUT2D eigenvalue weighted by Gasteiger charge is 2.12. The first-order chi connectivity index (χ1) is 10.1. The summed E-state index contributed by atoms with van der Waals surface area (Å²) in [4.78, 5) is 22.6. The second-order valence-corrected chi connectivity index (χ2v) is 5.02. The Labute approximate surface area is 125 Å². The van der Waals surface area contributed by atoms with Crippen molar-refractivity contribution in [3.8, 4) is 5.75 Å². The molecule has 5 nitrogen and oxygen atoms in total. The van der Waals surface area contributed by atoms with Crippen LogP contribution in [0, 0.1) is 0 Å². The molecule has 0 heterocycles. The normalized spacial score (nSPS) is 11.9. The predicted molar refractivity (Wildman–Crippen MR) is 80.6 cm³/mol. The van der Waals surface area contributed by atoms with Gasteiger partial charge in [-0.1, -0.05) is 31.4 Å². The van der Waals surface area contributed by atoms with Gasteiger partial charge in [-0.3, -0.25) is 9.59 Å². The van der Waals surface area contributed by atoms with Gasteiger partial charge < -0.3 is 15.6 Å². The molecule has 0 amide bonds. The Morgan fingerprint density at radius 1 is 1.19 bits per heavy atom. The van der Waals surface area contributed by atoms with Crippen molar-refractivity contribution in [1.82, 2.24) is 0 Å². The maximum absolute atomic E-state index is 12.1. The summed E-state index contributed by atoms with van der Waals surface area (Å²) in [6, 6.07) is 6.43. The van der Waals surface area contributed by atoms with E-state index in [1.165, 1.54) is 0 Å². The summed E-state index contributed by atoms with van der Waals surface area (Å²) in [5, 5.41) is 8.65. The van der Waals surface area contributed by atoms with Crippen molar-refractivity contribution in [2.24, 2.45) is 5.73 Å². The van der Waals surface area contributed by atoms with Gasteiger partial charge >= 0.3 is 5.97 Å². The first-order valence-corrected chi connectivity index (χ1v) is 7.21. The molecule has 0 radical (unpaired) electrons. The average Bonchev–Trinajstić information content (AvgIpc) is 2.49. The molecule has 0 aromatic heterocycles. The van der Waals surface area contributed by atoms with E-state index in [1.807, 2.05) is 12.1 Å². The number of benzene rings is 1. The van der Waals surface area contributed by atoms with Crippen molar-refractivity contribution >= 4 is 11.8 Å². The highest BCUT2D eigenvalue weighted by molar-refractivity contribution is 5.98. The number of nitrogens with two attached hydrogens (primary N) is 1. The molecular weight excluding hydrogens is 270 g/mol. The smallest absolute Gasteiger partial charge is 0.320 e. The molecule has 1 aromatic carbocycles. The number of ketones is 1. The number of aliphatic carboxylic acids is 1. The van der Waals surface area contributed by atoms with E-state index in [4.69, 9.17) is 15.6 Å². The summed E-state index contributed by atoms with van der Waals surface area (Å²) >= 11 is 0. The number of unbranched alkanes of at least 4 members (excludes halogenated alkanes) is 3. The van der Waals surface area contributed by atoms with Crippen LogP contribution in [0.15, 0.2) is 24.3 Å². The minimum atomic E-state index is -0.957. The molecule has 0 fully saturated rings. The lowest BCUT2D eigenvalue weighted by molar-refractivity contribution is -0.138. The maximum atomic E-state index is 12.1. The lowest BCUT2D eigenvalue weighted by Gasteiger charge is -2.07. The summed E-state index contributed by atoms with van der Waals surface area (Å²) < 4.78 is 5.17. The number of methoxy groups -OCH3 is 1. The van der Waals surface area contributed by atoms with E-state index < -0.39 is 12.0 Å². The van der Waals surface area contributed by atoms with Crippen molar-refractivity contribution in [3.63, 3.8) is 0 Å². The highest BCUT2D eigenvalue weighted by Crippen LogP contribution is 2.20. The van der Waals surface area contributed by atoms with Crippen LogP contribution in [0.1, 0.15) is 48.9 Å². The zero-order chi connectivity index (χ0) is 15.7. The van der Waals surface area contributed by atoms with Crippen LogP contribution in [-0.2, 0) is 4.79 Å². The molecule has 21 heavy (non-hydrogen) atoms. The molecule has 0 aliphatic rings. The van der Waals surface area contributed by atoms with Crippen LogP contribution in [0.5, 0.6) is 5.75 Å². The number of carbonyl (C=O) groups is 2. The lowest BCUT2D eigenvalue weighted by Crippen LogP contribution is -2.29. The number of para-hydroxylation sites is 1. The van der Waals surface area contributed by atoms with Gasteiger partial charge in [0.25, 0.3) is 0 Å². The highest BCUT2D eigenvalue weighted by atomic mass is 16.5. The molecule has 0 aliphatic heterocycles. The third kappa shape index (κ3) is 5.95. The topological polar surface area (TPSA) is 89.6 Å². The molecule has 0 saturated carbocycles. The number of hydrogen-bond donors (Lipinski definition) is 2. The van der Waals surface area contributed by atoms with Crippen molar-refractivity contribution in [3.05, 3.63) is 29.8 Å². The molecule has 0 spiro atoms. The Kier molecular flexibility index (Phi) is 7.46. The van der Waals surface area contributed by atoms with Crippen molar-refractivity contribution in [1.29, 1.82) is 0 Å². The monoisotopic (exact) mass is 293 g/mol. The number of carboxylic acid groups (broad SMARTS) is 1. The van der Waals surface area contributed by atoms with Gasteiger partial charge in [0.05, 0.1) is 12.7 Å². The fourth-order valence-corrected chi connectivity index (χ4v) is 2.14. The van der Waals surface area contributed by atoms with Crippen LogP contribution in [0.2, 0.25) is 0 Å². The van der Waals surface area contributed by atoms with Crippen LogP contribution in [0.4, 0.5) is 0 Å². The van der Waals surface area contributed by atoms with Crippen LogP contribution in [-0.4, -0.2) is 30.0 Å². The molecule has 1 unspecified atom stereocenters. The lowest BCUT2D eigenvalue weighted by atomic mass is 10.0. The van der Waals surface area contributed by atoms with Crippen LogP contribution in [0.25, 0.3) is 0 Å². The zero-order valence-corrected chi connectivity index (χ0v) is 12.4. The van der Waals surface area contributed by atoms with E-state index in [0.717, 1.165) is 25.7 Å². The largest absolute Gasteiger partial charge is 0.496 e. The van der Waals surface area contributed by atoms with Crippen molar-refractivity contribution in [2.75, 3.05) is 7.11 Å². The van der Waals surface area contributed by atoms with E-state index >= 15 is 0 Å². The summed E-state index contributed by atoms with van der Waals surface area (Å²) in [7, 11) is 1.55. The van der Waals surface area contributed by atoms with Crippen LogP contribution >= 0.6 is 0 Å². The zero-order valence-electron chi connectivity index (χ0n) is 12.4. The van der Waals surface area contributed by atoms with E-state index in [0.29, 0.717) is 24.2 Å². The molecule has 1 aromatic rings. The Balaban J connectivity index is 2.24. The maximum Gasteiger partial charge on any atom is 0.320 e. The predicted octanol–water partition coefficient (Wildman–Crippen LogP) is 2.63. The van der Waals surface area contributed by atoms with Gasteiger partial charge in [-0.2, -0.15) is 0 Å². The van der Waals surface area contributed by atoms with E-state index in [1.54, 1.807) is 19.2 Å². The van der Waals surface area contributed by atoms with E-state index in [9.17, 15) is 9.59 Å². The summed E-state index contributed by atoms with van der Waals surface area (Å²) in [6.45, 7) is 0. The molecule has 3 N–H and O–H groups in total. The van der Waals surface area contributed by atoms with Gasteiger partial charge in [0.15, 0.2) is 5.78 Å². The Morgan fingerprint density at radius 3 is 2.52 bits per heavy atom. The third-order valence-electron chi connectivity index (χ3n) is 3.39. The minimum absolute atomic E-state index is 0.0784. The van der Waals surface area contributed by atoms with Gasteiger partial charge in [-0.15, -0.1) is 0 Å². The number of rotatable bonds is 10. The summed E-state index contributed by atoms with van der Waals surface area (Å²) in [5.41, 5.74) is 6.04. The van der Waals surface area contributed by atoms with Gasteiger partial charge in [-0.05, 0) is 25.0 Å². The average molecular weight is 293 g/mol. The van der Waals surface area contributed by atoms with Crippen LogP contribution < -0.4 is 10.5 Å². The number of Topliss-reactive ketones (excluding diaryl/α,β-unsaturated/α-hetero) is 1. The number of ether oxygens (including phenoxy) is 1. The van der Waals surface area contributed by atoms with E-state index in [-0.39, 0.29) is 5.78 Å². The van der Waals surface area contributed by atoms with Gasteiger partial charge in [0.2, 0.25) is 0 Å². The summed E-state index contributed by atoms with van der Waals surface area (Å²) in [6.07, 6.45) is 4.31. The second kappa shape index (κ2) is 9.13. The first-order valence-electron chi connectivity index (χ1n) is 7.21. The first kappa shape index (κ1) is 17.2. The Morgan fingerprint density at radius 2 is 1.86 bits per heavy atom. The standard InChI is InChI=1S/C16H23NO4/c1-21-15-11-7-6-8-12(15)14(18)10-5-3-2-4-9-13(17)16(19)20/h6-8,11,13H,2-5,9-10,17H2,1H3,(H,19,20). The van der Waals surface area contributed by atoms with Crippen molar-refractivity contribution < 1.29 is 19.4 Å². The van der Waals surface area contributed by atoms with E-state index in [2.05, 4.69) is 0 Å².